The average Bonchev–Trinajstić information content (AvgIpc) is 2.92. The van der Waals surface area contributed by atoms with Gasteiger partial charge in [-0.05, 0) is 24.1 Å². The molecule has 9 heteroatoms. The number of aryl methyl sites for hydroxylation is 1. The molecule has 120 valence electrons. The Morgan fingerprint density at radius 3 is 2.50 bits per heavy atom. The Kier molecular flexibility index (Phi) is 4.94. The van der Waals surface area contributed by atoms with Crippen LogP contribution in [0.4, 0.5) is 22.0 Å². The van der Waals surface area contributed by atoms with Crippen molar-refractivity contribution in [3.63, 3.8) is 0 Å². The van der Waals surface area contributed by atoms with Crippen molar-refractivity contribution in [2.45, 2.75) is 18.3 Å². The van der Waals surface area contributed by atoms with Crippen molar-refractivity contribution >= 4 is 10.8 Å². The summed E-state index contributed by atoms with van der Waals surface area (Å²) in [4.78, 5) is 0. The lowest BCUT2D eigenvalue weighted by Gasteiger charge is -2.10. The van der Waals surface area contributed by atoms with Crippen molar-refractivity contribution in [2.24, 2.45) is 0 Å². The van der Waals surface area contributed by atoms with Gasteiger partial charge >= 0.3 is 6.18 Å². The second kappa shape index (κ2) is 6.55. The Hall–Kier alpha value is -1.77. The maximum absolute atomic E-state index is 13.6. The van der Waals surface area contributed by atoms with Gasteiger partial charge in [0.1, 0.15) is 11.6 Å². The molecule has 0 aliphatic rings. The fourth-order valence-corrected chi connectivity index (χ4v) is 2.98. The molecule has 0 aliphatic carbocycles. The standard InChI is InChI=1S/C13H11F5N2OS/c14-11-4-10(13(16,17)18)12(15)3-9(11)7-22(21)2-1-8-5-19-20-6-8/h3-6H,1-2,7H2,(H,19,20). The molecular weight excluding hydrogens is 327 g/mol. The highest BCUT2D eigenvalue weighted by molar-refractivity contribution is 7.84. The van der Waals surface area contributed by atoms with E-state index in [1.807, 2.05) is 0 Å². The lowest BCUT2D eigenvalue weighted by atomic mass is 10.1. The van der Waals surface area contributed by atoms with E-state index >= 15 is 0 Å². The van der Waals surface area contributed by atoms with Crippen molar-refractivity contribution in [2.75, 3.05) is 5.75 Å². The van der Waals surface area contributed by atoms with Crippen LogP contribution >= 0.6 is 0 Å². The van der Waals surface area contributed by atoms with Gasteiger partial charge in [-0.15, -0.1) is 0 Å². The molecule has 1 aromatic carbocycles. The third-order valence-corrected chi connectivity index (χ3v) is 4.22. The molecule has 0 saturated heterocycles. The first-order valence-corrected chi connectivity index (χ1v) is 7.64. The number of hydrogen-bond acceptors (Lipinski definition) is 2. The van der Waals surface area contributed by atoms with Gasteiger partial charge in [0.25, 0.3) is 0 Å². The van der Waals surface area contributed by atoms with Crippen molar-refractivity contribution in [3.05, 3.63) is 52.9 Å². The van der Waals surface area contributed by atoms with E-state index in [-0.39, 0.29) is 23.1 Å². The number of alkyl halides is 3. The van der Waals surface area contributed by atoms with Gasteiger partial charge in [0, 0.05) is 28.3 Å². The van der Waals surface area contributed by atoms with Gasteiger partial charge in [0.2, 0.25) is 0 Å². The fraction of sp³-hybridized carbons (Fsp3) is 0.308. The van der Waals surface area contributed by atoms with Gasteiger partial charge in [0.05, 0.1) is 17.5 Å². The highest BCUT2D eigenvalue weighted by Gasteiger charge is 2.35. The summed E-state index contributed by atoms with van der Waals surface area (Å²) in [6.07, 6.45) is -1.41. The van der Waals surface area contributed by atoms with E-state index in [2.05, 4.69) is 10.2 Å². The number of nitrogens with zero attached hydrogens (tertiary/aromatic N) is 1. The van der Waals surface area contributed by atoms with Crippen LogP contribution < -0.4 is 0 Å². The average molecular weight is 338 g/mol. The summed E-state index contributed by atoms with van der Waals surface area (Å²) >= 11 is 0. The molecular formula is C13H11F5N2OS. The fourth-order valence-electron chi connectivity index (χ4n) is 1.81. The van der Waals surface area contributed by atoms with Crippen LogP contribution in [0.5, 0.6) is 0 Å². The minimum Gasteiger partial charge on any atom is -0.285 e. The number of halogens is 5. The number of rotatable bonds is 5. The zero-order chi connectivity index (χ0) is 16.3. The maximum Gasteiger partial charge on any atom is 0.419 e. The zero-order valence-corrected chi connectivity index (χ0v) is 11.9. The number of nitrogens with one attached hydrogen (secondary N) is 1. The molecule has 0 fully saturated rings. The van der Waals surface area contributed by atoms with Gasteiger partial charge in [-0.25, -0.2) is 8.78 Å². The van der Waals surface area contributed by atoms with Crippen LogP contribution in [0.1, 0.15) is 16.7 Å². The molecule has 0 bridgehead atoms. The molecule has 22 heavy (non-hydrogen) atoms. The van der Waals surface area contributed by atoms with Crippen LogP contribution in [0.2, 0.25) is 0 Å². The molecule has 0 amide bonds. The first kappa shape index (κ1) is 16.6. The first-order chi connectivity index (χ1) is 10.3. The molecule has 0 spiro atoms. The summed E-state index contributed by atoms with van der Waals surface area (Å²) in [6, 6.07) is 0.547. The van der Waals surface area contributed by atoms with Crippen molar-refractivity contribution in [3.8, 4) is 0 Å². The summed E-state index contributed by atoms with van der Waals surface area (Å²) in [6.45, 7) is 0. The maximum atomic E-state index is 13.6. The summed E-state index contributed by atoms with van der Waals surface area (Å²) < 4.78 is 76.1. The highest BCUT2D eigenvalue weighted by atomic mass is 32.2. The summed E-state index contributed by atoms with van der Waals surface area (Å²) in [7, 11) is -1.53. The largest absolute Gasteiger partial charge is 0.419 e. The topological polar surface area (TPSA) is 45.8 Å². The molecule has 1 heterocycles. The summed E-state index contributed by atoms with van der Waals surface area (Å²) in [5, 5.41) is 6.28. The Balaban J connectivity index is 2.06. The van der Waals surface area contributed by atoms with Gasteiger partial charge in [0.15, 0.2) is 0 Å². The molecule has 2 aromatic rings. The number of aromatic nitrogens is 2. The van der Waals surface area contributed by atoms with Gasteiger partial charge in [-0.3, -0.25) is 9.31 Å². The van der Waals surface area contributed by atoms with E-state index in [1.54, 1.807) is 6.20 Å². The quantitative estimate of drug-likeness (QED) is 0.851. The smallest absolute Gasteiger partial charge is 0.285 e. The molecule has 0 aliphatic heterocycles. The summed E-state index contributed by atoms with van der Waals surface area (Å²) in [5.74, 6) is -2.97. The molecule has 0 saturated carbocycles. The molecule has 1 unspecified atom stereocenters. The highest BCUT2D eigenvalue weighted by Crippen LogP contribution is 2.32. The number of hydrogen-bond donors (Lipinski definition) is 1. The first-order valence-electron chi connectivity index (χ1n) is 6.15. The second-order valence-electron chi connectivity index (χ2n) is 4.57. The monoisotopic (exact) mass is 338 g/mol. The molecule has 1 N–H and O–H groups in total. The minimum atomic E-state index is -4.97. The zero-order valence-electron chi connectivity index (χ0n) is 11.1. The molecule has 0 radical (unpaired) electrons. The lowest BCUT2D eigenvalue weighted by molar-refractivity contribution is -0.140. The van der Waals surface area contributed by atoms with E-state index < -0.39 is 34.2 Å². The Labute approximate surface area is 125 Å². The third-order valence-electron chi connectivity index (χ3n) is 2.93. The number of H-pyrrole nitrogens is 1. The molecule has 1 atom stereocenters. The van der Waals surface area contributed by atoms with Crippen LogP contribution in [-0.4, -0.2) is 20.2 Å². The van der Waals surface area contributed by atoms with Crippen LogP contribution in [0.15, 0.2) is 24.5 Å². The third kappa shape index (κ3) is 4.12. The van der Waals surface area contributed by atoms with Gasteiger partial charge in [-0.1, -0.05) is 0 Å². The molecule has 2 rings (SSSR count). The van der Waals surface area contributed by atoms with E-state index in [1.165, 1.54) is 6.20 Å². The SMILES string of the molecule is O=S(CCc1cn[nH]c1)Cc1cc(F)c(C(F)(F)F)cc1F. The van der Waals surface area contributed by atoms with Gasteiger partial charge < -0.3 is 0 Å². The minimum absolute atomic E-state index is 0.0952. The predicted octanol–water partition coefficient (Wildman–Crippen LogP) is 3.20. The summed E-state index contributed by atoms with van der Waals surface area (Å²) in [5.41, 5.74) is -1.21. The Morgan fingerprint density at radius 2 is 1.91 bits per heavy atom. The van der Waals surface area contributed by atoms with Crippen LogP contribution in [0.3, 0.4) is 0 Å². The van der Waals surface area contributed by atoms with Crippen LogP contribution in [-0.2, 0) is 29.1 Å². The van der Waals surface area contributed by atoms with Crippen molar-refractivity contribution < 1.29 is 26.2 Å². The van der Waals surface area contributed by atoms with E-state index in [0.29, 0.717) is 12.5 Å². The van der Waals surface area contributed by atoms with E-state index in [4.69, 9.17) is 0 Å². The van der Waals surface area contributed by atoms with Crippen molar-refractivity contribution in [1.82, 2.24) is 10.2 Å². The van der Waals surface area contributed by atoms with Gasteiger partial charge in [-0.2, -0.15) is 18.3 Å². The van der Waals surface area contributed by atoms with E-state index in [0.717, 1.165) is 5.56 Å². The number of aromatic amines is 1. The van der Waals surface area contributed by atoms with Crippen molar-refractivity contribution in [1.29, 1.82) is 0 Å². The van der Waals surface area contributed by atoms with E-state index in [9.17, 15) is 26.2 Å². The number of benzene rings is 1. The van der Waals surface area contributed by atoms with Crippen LogP contribution in [0, 0.1) is 11.6 Å². The lowest BCUT2D eigenvalue weighted by Crippen LogP contribution is -2.11. The second-order valence-corrected chi connectivity index (χ2v) is 6.14. The Bertz CT molecular complexity index is 670. The molecule has 1 aromatic heterocycles. The Morgan fingerprint density at radius 1 is 1.18 bits per heavy atom. The van der Waals surface area contributed by atoms with Crippen LogP contribution in [0.25, 0.3) is 0 Å². The molecule has 3 nitrogen and oxygen atoms in total. The predicted molar refractivity (Wildman–Crippen MR) is 70.4 cm³/mol. The normalized spacial score (nSPS) is 13.3.